The van der Waals surface area contributed by atoms with Crippen LogP contribution in [0.3, 0.4) is 0 Å². The summed E-state index contributed by atoms with van der Waals surface area (Å²) >= 11 is 5.76. The van der Waals surface area contributed by atoms with Crippen molar-refractivity contribution in [1.29, 1.82) is 0 Å². The normalized spacial score (nSPS) is 19.2. The highest BCUT2D eigenvalue weighted by Gasteiger charge is 2.25. The topological polar surface area (TPSA) is 46.2 Å². The maximum absolute atomic E-state index is 13.3. The highest BCUT2D eigenvalue weighted by Crippen LogP contribution is 2.39. The van der Waals surface area contributed by atoms with Crippen molar-refractivity contribution in [3.8, 4) is 5.75 Å². The smallest absolute Gasteiger partial charge is 0.139 e. The van der Waals surface area contributed by atoms with Crippen molar-refractivity contribution in [3.63, 3.8) is 0 Å². The van der Waals surface area contributed by atoms with Gasteiger partial charge in [-0.2, -0.15) is 0 Å². The van der Waals surface area contributed by atoms with Gasteiger partial charge in [0.1, 0.15) is 11.6 Å². The molecule has 1 fully saturated rings. The number of phenols is 1. The molecule has 4 heteroatoms. The average Bonchev–Trinajstić information content (AvgIpc) is 2.34. The second-order valence-corrected chi connectivity index (χ2v) is 5.16. The van der Waals surface area contributed by atoms with Crippen LogP contribution in [0, 0.1) is 11.7 Å². The molecule has 3 N–H and O–H groups in total. The monoisotopic (exact) mass is 257 g/mol. The minimum atomic E-state index is -0.450. The fourth-order valence-corrected chi connectivity index (χ4v) is 2.80. The maximum atomic E-state index is 13.3. The molecule has 94 valence electrons. The Morgan fingerprint density at radius 1 is 1.29 bits per heavy atom. The van der Waals surface area contributed by atoms with E-state index in [1.165, 1.54) is 12.5 Å². The van der Waals surface area contributed by atoms with E-state index in [0.717, 1.165) is 31.7 Å². The predicted octanol–water partition coefficient (Wildman–Crippen LogP) is 3.76. The van der Waals surface area contributed by atoms with Crippen LogP contribution in [0.5, 0.6) is 5.75 Å². The van der Waals surface area contributed by atoms with Crippen LogP contribution in [0.2, 0.25) is 5.02 Å². The van der Waals surface area contributed by atoms with E-state index in [2.05, 4.69) is 0 Å². The molecule has 1 aliphatic carbocycles. The average molecular weight is 258 g/mol. The van der Waals surface area contributed by atoms with Crippen LogP contribution in [-0.4, -0.2) is 5.11 Å². The Morgan fingerprint density at radius 3 is 2.59 bits per heavy atom. The van der Waals surface area contributed by atoms with Gasteiger partial charge in [0.2, 0.25) is 0 Å². The third-order valence-corrected chi connectivity index (χ3v) is 3.86. The zero-order valence-corrected chi connectivity index (χ0v) is 10.4. The fourth-order valence-electron chi connectivity index (χ4n) is 2.59. The van der Waals surface area contributed by atoms with Crippen molar-refractivity contribution in [2.24, 2.45) is 11.7 Å². The second-order valence-electron chi connectivity index (χ2n) is 4.75. The van der Waals surface area contributed by atoms with Gasteiger partial charge in [-0.15, -0.1) is 0 Å². The highest BCUT2D eigenvalue weighted by atomic mass is 35.5. The second kappa shape index (κ2) is 5.23. The van der Waals surface area contributed by atoms with E-state index in [-0.39, 0.29) is 16.8 Å². The summed E-state index contributed by atoms with van der Waals surface area (Å²) in [6.45, 7) is 0. The minimum absolute atomic E-state index is 0.0336. The summed E-state index contributed by atoms with van der Waals surface area (Å²) in [6.07, 6.45) is 5.62. The molecule has 1 saturated carbocycles. The first-order valence-electron chi connectivity index (χ1n) is 6.03. The van der Waals surface area contributed by atoms with Crippen LogP contribution >= 0.6 is 11.6 Å². The van der Waals surface area contributed by atoms with Crippen molar-refractivity contribution in [2.75, 3.05) is 0 Å². The minimum Gasteiger partial charge on any atom is -0.506 e. The van der Waals surface area contributed by atoms with E-state index < -0.39 is 5.82 Å². The van der Waals surface area contributed by atoms with Gasteiger partial charge in [-0.25, -0.2) is 4.39 Å². The molecule has 1 atom stereocenters. The maximum Gasteiger partial charge on any atom is 0.139 e. The molecule has 0 amide bonds. The van der Waals surface area contributed by atoms with Crippen molar-refractivity contribution < 1.29 is 9.50 Å². The molecule has 2 rings (SSSR count). The lowest BCUT2D eigenvalue weighted by Crippen LogP contribution is -2.23. The quantitative estimate of drug-likeness (QED) is 0.847. The van der Waals surface area contributed by atoms with E-state index in [1.807, 2.05) is 0 Å². The van der Waals surface area contributed by atoms with Gasteiger partial charge in [-0.05, 0) is 30.9 Å². The summed E-state index contributed by atoms with van der Waals surface area (Å²) in [5.41, 5.74) is 6.56. The van der Waals surface area contributed by atoms with Crippen LogP contribution in [0.15, 0.2) is 12.1 Å². The summed E-state index contributed by atoms with van der Waals surface area (Å²) in [7, 11) is 0. The Morgan fingerprint density at radius 2 is 1.94 bits per heavy atom. The first-order valence-corrected chi connectivity index (χ1v) is 6.41. The van der Waals surface area contributed by atoms with Crippen LogP contribution in [-0.2, 0) is 0 Å². The van der Waals surface area contributed by atoms with Gasteiger partial charge >= 0.3 is 0 Å². The number of aromatic hydroxyl groups is 1. The number of phenolic OH excluding ortho intramolecular Hbond substituents is 1. The van der Waals surface area contributed by atoms with E-state index in [0.29, 0.717) is 11.5 Å². The third kappa shape index (κ3) is 2.72. The van der Waals surface area contributed by atoms with Gasteiger partial charge < -0.3 is 10.8 Å². The fraction of sp³-hybridized carbons (Fsp3) is 0.538. The van der Waals surface area contributed by atoms with E-state index >= 15 is 0 Å². The number of benzene rings is 1. The van der Waals surface area contributed by atoms with Crippen LogP contribution in [0.4, 0.5) is 4.39 Å². The van der Waals surface area contributed by atoms with Gasteiger partial charge in [0.15, 0.2) is 0 Å². The molecule has 17 heavy (non-hydrogen) atoms. The standard InChI is InChI=1S/C13H17ClFNO/c14-11-7-9(15)6-10(13(11)17)12(16)8-4-2-1-3-5-8/h6-8,12,17H,1-5,16H2/t12-/m0/s1. The summed E-state index contributed by atoms with van der Waals surface area (Å²) < 4.78 is 13.3. The molecule has 1 aromatic rings. The molecule has 1 aromatic carbocycles. The Bertz CT molecular complexity index is 405. The predicted molar refractivity (Wildman–Crippen MR) is 66.6 cm³/mol. The molecule has 0 spiro atoms. The van der Waals surface area contributed by atoms with Crippen molar-refractivity contribution in [1.82, 2.24) is 0 Å². The van der Waals surface area contributed by atoms with E-state index in [9.17, 15) is 9.50 Å². The summed E-state index contributed by atoms with van der Waals surface area (Å²) in [6, 6.07) is 2.07. The third-order valence-electron chi connectivity index (χ3n) is 3.57. The highest BCUT2D eigenvalue weighted by molar-refractivity contribution is 6.32. The molecule has 0 heterocycles. The van der Waals surface area contributed by atoms with Gasteiger partial charge in [0, 0.05) is 11.6 Å². The molecule has 0 aromatic heterocycles. The Kier molecular flexibility index (Phi) is 3.89. The van der Waals surface area contributed by atoms with Gasteiger partial charge in [0.25, 0.3) is 0 Å². The molecular weight excluding hydrogens is 241 g/mol. The Labute approximate surface area is 106 Å². The van der Waals surface area contributed by atoms with E-state index in [1.54, 1.807) is 0 Å². The lowest BCUT2D eigenvalue weighted by atomic mass is 9.81. The van der Waals surface area contributed by atoms with Crippen molar-refractivity contribution in [3.05, 3.63) is 28.5 Å². The SMILES string of the molecule is N[C@H](c1cc(F)cc(Cl)c1O)C1CCCCC1. The van der Waals surface area contributed by atoms with Crippen LogP contribution < -0.4 is 5.73 Å². The van der Waals surface area contributed by atoms with Crippen molar-refractivity contribution >= 4 is 11.6 Å². The Balaban J connectivity index is 2.26. The number of halogens is 2. The van der Waals surface area contributed by atoms with Crippen LogP contribution in [0.25, 0.3) is 0 Å². The largest absolute Gasteiger partial charge is 0.506 e. The molecule has 0 aliphatic heterocycles. The zero-order chi connectivity index (χ0) is 12.4. The number of hydrogen-bond acceptors (Lipinski definition) is 2. The number of nitrogens with two attached hydrogens (primary N) is 1. The molecule has 0 radical (unpaired) electrons. The van der Waals surface area contributed by atoms with Gasteiger partial charge in [0.05, 0.1) is 5.02 Å². The number of rotatable bonds is 2. The summed E-state index contributed by atoms with van der Waals surface area (Å²) in [5.74, 6) is -0.215. The van der Waals surface area contributed by atoms with Crippen molar-refractivity contribution in [2.45, 2.75) is 38.1 Å². The zero-order valence-electron chi connectivity index (χ0n) is 9.63. The molecule has 0 saturated heterocycles. The number of hydrogen-bond donors (Lipinski definition) is 2. The summed E-state index contributed by atoms with van der Waals surface area (Å²) in [4.78, 5) is 0. The molecule has 2 nitrogen and oxygen atoms in total. The van der Waals surface area contributed by atoms with Gasteiger partial charge in [-0.3, -0.25) is 0 Å². The first kappa shape index (κ1) is 12.7. The molecule has 0 bridgehead atoms. The Hall–Kier alpha value is -0.800. The van der Waals surface area contributed by atoms with Gasteiger partial charge in [-0.1, -0.05) is 30.9 Å². The lowest BCUT2D eigenvalue weighted by Gasteiger charge is -2.28. The van der Waals surface area contributed by atoms with Crippen LogP contribution in [0.1, 0.15) is 43.7 Å². The molecular formula is C13H17ClFNO. The van der Waals surface area contributed by atoms with E-state index in [4.69, 9.17) is 17.3 Å². The molecule has 1 aliphatic rings. The summed E-state index contributed by atoms with van der Waals surface area (Å²) in [5, 5.41) is 9.88. The molecule has 0 unspecified atom stereocenters. The lowest BCUT2D eigenvalue weighted by molar-refractivity contribution is 0.302. The first-order chi connectivity index (χ1) is 8.09.